The third kappa shape index (κ3) is 6.26. The number of hydrogen-bond acceptors (Lipinski definition) is 3. The summed E-state index contributed by atoms with van der Waals surface area (Å²) >= 11 is 0. The minimum atomic E-state index is -0.957. The van der Waals surface area contributed by atoms with E-state index in [2.05, 4.69) is 11.7 Å². The van der Waals surface area contributed by atoms with Crippen LogP contribution in [0.3, 0.4) is 0 Å². The summed E-state index contributed by atoms with van der Waals surface area (Å²) in [6.45, 7) is 5.24. The summed E-state index contributed by atoms with van der Waals surface area (Å²) < 4.78 is 0. The predicted molar refractivity (Wildman–Crippen MR) is 61.9 cm³/mol. The highest BCUT2D eigenvalue weighted by atomic mass is 16.4. The maximum absolute atomic E-state index is 10.2. The zero-order valence-corrected chi connectivity index (χ0v) is 9.27. The number of hydrogen-bond donors (Lipinski definition) is 1. The Kier molecular flexibility index (Phi) is 5.78. The molecule has 0 aromatic heterocycles. The van der Waals surface area contributed by atoms with Gasteiger partial charge in [-0.05, 0) is 19.7 Å². The molecule has 0 rings (SSSR count). The molecule has 0 atom stereocenters. The van der Waals surface area contributed by atoms with E-state index in [0.717, 1.165) is 17.5 Å². The zero-order chi connectivity index (χ0) is 11.8. The van der Waals surface area contributed by atoms with E-state index >= 15 is 0 Å². The lowest BCUT2D eigenvalue weighted by atomic mass is 10.2. The number of carboxylic acid groups (broad SMARTS) is 1. The second-order valence-electron chi connectivity index (χ2n) is 3.16. The molecular weight excluding hydrogens is 192 g/mol. The van der Waals surface area contributed by atoms with E-state index in [0.29, 0.717) is 0 Å². The van der Waals surface area contributed by atoms with Gasteiger partial charge in [-0.3, -0.25) is 0 Å². The Bertz CT molecular complexity index is 325. The Morgan fingerprint density at radius 3 is 2.33 bits per heavy atom. The molecule has 0 amide bonds. The quantitative estimate of drug-likeness (QED) is 0.425. The van der Waals surface area contributed by atoms with Crippen LogP contribution in [0, 0.1) is 0 Å². The van der Waals surface area contributed by atoms with Crippen molar-refractivity contribution in [3.05, 3.63) is 35.7 Å². The average Bonchev–Trinajstić information content (AvgIpc) is 2.15. The van der Waals surface area contributed by atoms with Gasteiger partial charge in [0.15, 0.2) is 0 Å². The standard InChI is InChI=1S/C11H16N2O2/c1-9(6-8-11(14)15)5-7-10(12-2)13(3)4/h5-8H,2H2,1,3-4H3,(H,14,15)/b8-6+,9-5+,10-7+. The van der Waals surface area contributed by atoms with Gasteiger partial charge < -0.3 is 10.0 Å². The maximum Gasteiger partial charge on any atom is 0.328 e. The van der Waals surface area contributed by atoms with Gasteiger partial charge in [-0.2, -0.15) is 0 Å². The average molecular weight is 208 g/mol. The molecular formula is C11H16N2O2. The third-order valence-electron chi connectivity index (χ3n) is 1.60. The second-order valence-corrected chi connectivity index (χ2v) is 3.16. The van der Waals surface area contributed by atoms with Crippen LogP contribution in [0.5, 0.6) is 0 Å². The van der Waals surface area contributed by atoms with Gasteiger partial charge in [0.1, 0.15) is 5.82 Å². The topological polar surface area (TPSA) is 52.9 Å². The van der Waals surface area contributed by atoms with E-state index in [4.69, 9.17) is 5.11 Å². The Hall–Kier alpha value is -1.84. The zero-order valence-electron chi connectivity index (χ0n) is 9.27. The summed E-state index contributed by atoms with van der Waals surface area (Å²) in [4.78, 5) is 15.9. The van der Waals surface area contributed by atoms with Crippen LogP contribution in [0.1, 0.15) is 6.92 Å². The van der Waals surface area contributed by atoms with Gasteiger partial charge in [-0.25, -0.2) is 9.79 Å². The van der Waals surface area contributed by atoms with Crippen LogP contribution >= 0.6 is 0 Å². The fourth-order valence-corrected chi connectivity index (χ4v) is 0.807. The molecule has 82 valence electrons. The Balaban J connectivity index is 4.62. The van der Waals surface area contributed by atoms with Crippen molar-refractivity contribution in [3.63, 3.8) is 0 Å². The molecule has 0 saturated heterocycles. The first-order valence-corrected chi connectivity index (χ1v) is 4.41. The molecule has 0 aliphatic heterocycles. The van der Waals surface area contributed by atoms with E-state index in [1.807, 2.05) is 25.9 Å². The smallest absolute Gasteiger partial charge is 0.328 e. The molecule has 4 nitrogen and oxygen atoms in total. The van der Waals surface area contributed by atoms with Crippen LogP contribution in [0.25, 0.3) is 0 Å². The Morgan fingerprint density at radius 2 is 1.93 bits per heavy atom. The van der Waals surface area contributed by atoms with Gasteiger partial charge in [0.2, 0.25) is 0 Å². The maximum atomic E-state index is 10.2. The monoisotopic (exact) mass is 208 g/mol. The number of aliphatic imine (C=N–C) groups is 1. The Morgan fingerprint density at radius 1 is 1.33 bits per heavy atom. The van der Waals surface area contributed by atoms with Crippen molar-refractivity contribution in [2.45, 2.75) is 6.92 Å². The molecule has 1 N–H and O–H groups in total. The molecule has 0 aliphatic rings. The van der Waals surface area contributed by atoms with Gasteiger partial charge in [-0.15, -0.1) is 0 Å². The van der Waals surface area contributed by atoms with Gasteiger partial charge in [0, 0.05) is 20.2 Å². The molecule has 4 heteroatoms. The van der Waals surface area contributed by atoms with E-state index in [1.54, 1.807) is 12.2 Å². The van der Waals surface area contributed by atoms with Crippen molar-refractivity contribution >= 4 is 12.7 Å². The lowest BCUT2D eigenvalue weighted by Gasteiger charge is -2.10. The number of allylic oxidation sites excluding steroid dienone is 4. The molecule has 0 radical (unpaired) electrons. The van der Waals surface area contributed by atoms with Crippen molar-refractivity contribution in [2.24, 2.45) is 4.99 Å². The second kappa shape index (κ2) is 6.59. The number of rotatable bonds is 5. The predicted octanol–water partition coefficient (Wildman–Crippen LogP) is 1.68. The van der Waals surface area contributed by atoms with Crippen molar-refractivity contribution in [1.82, 2.24) is 4.90 Å². The summed E-state index contributed by atoms with van der Waals surface area (Å²) in [6.07, 6.45) is 6.17. The van der Waals surface area contributed by atoms with Crippen molar-refractivity contribution in [2.75, 3.05) is 14.1 Å². The molecule has 0 spiro atoms. The highest BCUT2D eigenvalue weighted by Crippen LogP contribution is 2.02. The fraction of sp³-hybridized carbons (Fsp3) is 0.273. The summed E-state index contributed by atoms with van der Waals surface area (Å²) in [7, 11) is 3.72. The van der Waals surface area contributed by atoms with Crippen molar-refractivity contribution in [1.29, 1.82) is 0 Å². The number of nitrogens with zero attached hydrogens (tertiary/aromatic N) is 2. The minimum absolute atomic E-state index is 0.720. The number of carboxylic acids is 1. The van der Waals surface area contributed by atoms with Crippen molar-refractivity contribution in [3.8, 4) is 0 Å². The van der Waals surface area contributed by atoms with Gasteiger partial charge in [0.25, 0.3) is 0 Å². The highest BCUT2D eigenvalue weighted by molar-refractivity contribution is 5.80. The van der Waals surface area contributed by atoms with E-state index in [-0.39, 0.29) is 0 Å². The fourth-order valence-electron chi connectivity index (χ4n) is 0.807. The largest absolute Gasteiger partial charge is 0.478 e. The van der Waals surface area contributed by atoms with Crippen LogP contribution in [-0.4, -0.2) is 36.8 Å². The van der Waals surface area contributed by atoms with E-state index < -0.39 is 5.97 Å². The molecule has 0 aromatic carbocycles. The lowest BCUT2D eigenvalue weighted by Crippen LogP contribution is -2.08. The molecule has 0 saturated carbocycles. The molecule has 15 heavy (non-hydrogen) atoms. The van der Waals surface area contributed by atoms with Crippen molar-refractivity contribution < 1.29 is 9.90 Å². The molecule has 0 unspecified atom stereocenters. The van der Waals surface area contributed by atoms with Crippen LogP contribution in [0.2, 0.25) is 0 Å². The van der Waals surface area contributed by atoms with E-state index in [9.17, 15) is 4.79 Å². The summed E-state index contributed by atoms with van der Waals surface area (Å²) in [5, 5.41) is 8.41. The number of carbonyl (C=O) groups is 1. The van der Waals surface area contributed by atoms with Crippen LogP contribution in [0.4, 0.5) is 0 Å². The molecule has 0 fully saturated rings. The van der Waals surface area contributed by atoms with E-state index in [1.165, 1.54) is 6.08 Å². The third-order valence-corrected chi connectivity index (χ3v) is 1.60. The van der Waals surface area contributed by atoms with Crippen LogP contribution in [-0.2, 0) is 4.79 Å². The van der Waals surface area contributed by atoms with Gasteiger partial charge >= 0.3 is 5.97 Å². The van der Waals surface area contributed by atoms with Gasteiger partial charge in [-0.1, -0.05) is 17.7 Å². The Labute approximate surface area is 89.9 Å². The first-order valence-electron chi connectivity index (χ1n) is 4.41. The normalized spacial score (nSPS) is 13.0. The summed E-state index contributed by atoms with van der Waals surface area (Å²) in [5.41, 5.74) is 0.834. The first-order chi connectivity index (χ1) is 6.97. The molecule has 0 aromatic rings. The highest BCUT2D eigenvalue weighted by Gasteiger charge is 1.92. The summed E-state index contributed by atoms with van der Waals surface area (Å²) in [5.74, 6) is -0.237. The molecule has 0 heterocycles. The minimum Gasteiger partial charge on any atom is -0.478 e. The van der Waals surface area contributed by atoms with Gasteiger partial charge in [0.05, 0.1) is 0 Å². The molecule has 0 bridgehead atoms. The number of aliphatic carboxylic acids is 1. The lowest BCUT2D eigenvalue weighted by molar-refractivity contribution is -0.131. The summed E-state index contributed by atoms with van der Waals surface area (Å²) in [6, 6.07) is 0. The van der Waals surface area contributed by atoms with Crippen LogP contribution in [0.15, 0.2) is 40.7 Å². The molecule has 0 aliphatic carbocycles. The first kappa shape index (κ1) is 13.2. The SMILES string of the molecule is C=N\C(=C/C=C(C)/C=C/C(=O)O)N(C)C. The van der Waals surface area contributed by atoms with Crippen LogP contribution < -0.4 is 0 Å².